The van der Waals surface area contributed by atoms with Crippen molar-refractivity contribution in [2.45, 2.75) is 30.5 Å². The average Bonchev–Trinajstić information content (AvgIpc) is 3.02. The zero-order valence-electron chi connectivity index (χ0n) is 8.35. The van der Waals surface area contributed by atoms with Crippen LogP contribution in [0.5, 0.6) is 0 Å². The summed E-state index contributed by atoms with van der Waals surface area (Å²) in [5.74, 6) is 0.0949. The SMILES string of the molecule is Fc1ccc(F)c(CCC(Br)C2CC2)c1. The molecule has 1 aromatic rings. The topological polar surface area (TPSA) is 0 Å². The number of aryl methyl sites for hydroxylation is 1. The molecule has 1 aromatic carbocycles. The molecule has 0 radical (unpaired) electrons. The lowest BCUT2D eigenvalue weighted by Gasteiger charge is -2.08. The minimum Gasteiger partial charge on any atom is -0.207 e. The fourth-order valence-electron chi connectivity index (χ4n) is 1.72. The molecule has 82 valence electrons. The Balaban J connectivity index is 1.94. The van der Waals surface area contributed by atoms with E-state index in [-0.39, 0.29) is 11.6 Å². The zero-order valence-corrected chi connectivity index (χ0v) is 9.94. The van der Waals surface area contributed by atoms with Crippen molar-refractivity contribution in [1.29, 1.82) is 0 Å². The van der Waals surface area contributed by atoms with Gasteiger partial charge in [0.2, 0.25) is 0 Å². The summed E-state index contributed by atoms with van der Waals surface area (Å²) < 4.78 is 26.1. The average molecular weight is 275 g/mol. The van der Waals surface area contributed by atoms with Crippen LogP contribution in [0.1, 0.15) is 24.8 Å². The highest BCUT2D eigenvalue weighted by Crippen LogP contribution is 2.38. The van der Waals surface area contributed by atoms with Gasteiger partial charge in [0.25, 0.3) is 0 Å². The van der Waals surface area contributed by atoms with Crippen LogP contribution < -0.4 is 0 Å². The van der Waals surface area contributed by atoms with Crippen molar-refractivity contribution in [1.82, 2.24) is 0 Å². The maximum atomic E-state index is 13.3. The number of rotatable bonds is 4. The maximum Gasteiger partial charge on any atom is 0.126 e. The van der Waals surface area contributed by atoms with Crippen molar-refractivity contribution >= 4 is 15.9 Å². The van der Waals surface area contributed by atoms with Gasteiger partial charge < -0.3 is 0 Å². The smallest absolute Gasteiger partial charge is 0.126 e. The molecule has 0 aliphatic heterocycles. The highest BCUT2D eigenvalue weighted by molar-refractivity contribution is 9.09. The van der Waals surface area contributed by atoms with Crippen LogP contribution in [-0.2, 0) is 6.42 Å². The summed E-state index contributed by atoms with van der Waals surface area (Å²) in [7, 11) is 0. The van der Waals surface area contributed by atoms with Crippen LogP contribution in [0, 0.1) is 17.6 Å². The molecule has 0 bridgehead atoms. The molecule has 0 aromatic heterocycles. The van der Waals surface area contributed by atoms with Crippen molar-refractivity contribution in [2.24, 2.45) is 5.92 Å². The van der Waals surface area contributed by atoms with Crippen molar-refractivity contribution in [3.8, 4) is 0 Å². The van der Waals surface area contributed by atoms with Crippen molar-refractivity contribution in [3.05, 3.63) is 35.4 Å². The second-order valence-corrected chi connectivity index (χ2v) is 5.30. The fraction of sp³-hybridized carbons (Fsp3) is 0.500. The molecule has 3 heteroatoms. The summed E-state index contributed by atoms with van der Waals surface area (Å²) in [6, 6.07) is 3.65. The van der Waals surface area contributed by atoms with Gasteiger partial charge in [-0.2, -0.15) is 0 Å². The van der Waals surface area contributed by atoms with Crippen molar-refractivity contribution < 1.29 is 8.78 Å². The van der Waals surface area contributed by atoms with E-state index in [1.807, 2.05) is 0 Å². The van der Waals surface area contributed by atoms with Gasteiger partial charge in [0, 0.05) is 4.83 Å². The largest absolute Gasteiger partial charge is 0.207 e. The van der Waals surface area contributed by atoms with Crippen LogP contribution in [0.25, 0.3) is 0 Å². The Labute approximate surface area is 96.8 Å². The molecule has 0 nitrogen and oxygen atoms in total. The lowest BCUT2D eigenvalue weighted by Crippen LogP contribution is -2.03. The van der Waals surface area contributed by atoms with Gasteiger partial charge in [-0.1, -0.05) is 15.9 Å². The van der Waals surface area contributed by atoms with E-state index in [0.29, 0.717) is 16.8 Å². The first-order chi connectivity index (χ1) is 7.16. The lowest BCUT2D eigenvalue weighted by molar-refractivity contribution is 0.576. The number of hydrogen-bond donors (Lipinski definition) is 0. The third kappa shape index (κ3) is 3.00. The molecule has 1 atom stereocenters. The molecule has 0 N–H and O–H groups in total. The zero-order chi connectivity index (χ0) is 10.8. The monoisotopic (exact) mass is 274 g/mol. The molecule has 0 heterocycles. The first-order valence-corrected chi connectivity index (χ1v) is 6.16. The first kappa shape index (κ1) is 11.1. The standard InChI is InChI=1S/C12H13BrF2/c13-11(8-1-2-8)5-3-9-7-10(14)4-6-12(9)15/h4,6-8,11H,1-3,5H2. The highest BCUT2D eigenvalue weighted by Gasteiger charge is 2.28. The number of hydrogen-bond acceptors (Lipinski definition) is 0. The van der Waals surface area contributed by atoms with E-state index in [0.717, 1.165) is 18.4 Å². The van der Waals surface area contributed by atoms with Crippen molar-refractivity contribution in [2.75, 3.05) is 0 Å². The Kier molecular flexibility index (Phi) is 3.39. The van der Waals surface area contributed by atoms with Crippen LogP contribution >= 0.6 is 15.9 Å². The van der Waals surface area contributed by atoms with E-state index < -0.39 is 0 Å². The summed E-state index contributed by atoms with van der Waals surface area (Å²) in [4.78, 5) is 0.458. The molecule has 1 aliphatic carbocycles. The Morgan fingerprint density at radius 1 is 1.33 bits per heavy atom. The van der Waals surface area contributed by atoms with E-state index in [1.54, 1.807) is 0 Å². The van der Waals surface area contributed by atoms with E-state index in [4.69, 9.17) is 0 Å². The normalized spacial score (nSPS) is 17.8. The minimum absolute atomic E-state index is 0.299. The summed E-state index contributed by atoms with van der Waals surface area (Å²) in [5.41, 5.74) is 0.486. The summed E-state index contributed by atoms with van der Waals surface area (Å²) in [5, 5.41) is 0. The Morgan fingerprint density at radius 2 is 2.07 bits per heavy atom. The highest BCUT2D eigenvalue weighted by atomic mass is 79.9. The first-order valence-electron chi connectivity index (χ1n) is 5.25. The van der Waals surface area contributed by atoms with Crippen LogP contribution in [0.3, 0.4) is 0 Å². The van der Waals surface area contributed by atoms with Gasteiger partial charge in [0.05, 0.1) is 0 Å². The van der Waals surface area contributed by atoms with Crippen LogP contribution in [0.2, 0.25) is 0 Å². The van der Waals surface area contributed by atoms with Gasteiger partial charge in [0.1, 0.15) is 11.6 Å². The molecule has 1 aliphatic rings. The predicted molar refractivity (Wildman–Crippen MR) is 60.1 cm³/mol. The molecule has 15 heavy (non-hydrogen) atoms. The number of benzene rings is 1. The van der Waals surface area contributed by atoms with Crippen LogP contribution in [0.4, 0.5) is 8.78 Å². The Hall–Kier alpha value is -0.440. The maximum absolute atomic E-state index is 13.3. The Morgan fingerprint density at radius 3 is 2.73 bits per heavy atom. The molecular formula is C12H13BrF2. The van der Waals surface area contributed by atoms with Crippen LogP contribution in [-0.4, -0.2) is 4.83 Å². The molecular weight excluding hydrogens is 262 g/mol. The molecule has 0 saturated heterocycles. The third-order valence-corrected chi connectivity index (χ3v) is 4.04. The second kappa shape index (κ2) is 4.60. The molecule has 1 unspecified atom stereocenters. The van der Waals surface area contributed by atoms with Gasteiger partial charge in [-0.25, -0.2) is 8.78 Å². The van der Waals surface area contributed by atoms with Gasteiger partial charge in [-0.3, -0.25) is 0 Å². The minimum atomic E-state index is -0.357. The van der Waals surface area contributed by atoms with Gasteiger partial charge >= 0.3 is 0 Å². The van der Waals surface area contributed by atoms with Gasteiger partial charge in [0.15, 0.2) is 0 Å². The summed E-state index contributed by atoms with van der Waals surface area (Å²) in [6.45, 7) is 0. The van der Waals surface area contributed by atoms with E-state index in [1.165, 1.54) is 25.0 Å². The van der Waals surface area contributed by atoms with Gasteiger partial charge in [-0.05, 0) is 55.4 Å². The molecule has 1 saturated carbocycles. The fourth-order valence-corrected chi connectivity index (χ4v) is 2.48. The second-order valence-electron chi connectivity index (χ2n) is 4.13. The number of alkyl halides is 1. The molecule has 0 spiro atoms. The quantitative estimate of drug-likeness (QED) is 0.726. The predicted octanol–water partition coefficient (Wildman–Crippen LogP) is 4.07. The lowest BCUT2D eigenvalue weighted by atomic mass is 10.1. The van der Waals surface area contributed by atoms with Crippen molar-refractivity contribution in [3.63, 3.8) is 0 Å². The Bertz CT molecular complexity index is 347. The number of halogens is 3. The summed E-state index contributed by atoms with van der Waals surface area (Å²) >= 11 is 3.59. The molecule has 2 rings (SSSR count). The van der Waals surface area contributed by atoms with Crippen LogP contribution in [0.15, 0.2) is 18.2 Å². The van der Waals surface area contributed by atoms with E-state index in [9.17, 15) is 8.78 Å². The third-order valence-electron chi connectivity index (χ3n) is 2.83. The van der Waals surface area contributed by atoms with E-state index >= 15 is 0 Å². The van der Waals surface area contributed by atoms with Gasteiger partial charge in [-0.15, -0.1) is 0 Å². The molecule has 1 fully saturated rings. The van der Waals surface area contributed by atoms with E-state index in [2.05, 4.69) is 15.9 Å². The summed E-state index contributed by atoms with van der Waals surface area (Å²) in [6.07, 6.45) is 4.02. The molecule has 0 amide bonds.